The Morgan fingerprint density at radius 2 is 2.08 bits per heavy atom. The van der Waals surface area contributed by atoms with Crippen LogP contribution in [0.15, 0.2) is 0 Å². The zero-order chi connectivity index (χ0) is 9.78. The van der Waals surface area contributed by atoms with Gasteiger partial charge in [0.05, 0.1) is 7.11 Å². The van der Waals surface area contributed by atoms with Crippen LogP contribution < -0.4 is 0 Å². The molecule has 0 N–H and O–H groups in total. The van der Waals surface area contributed by atoms with Crippen LogP contribution in [0.2, 0.25) is 0 Å². The average Bonchev–Trinajstić information content (AvgIpc) is 1.97. The van der Waals surface area contributed by atoms with Crippen LogP contribution in [0.5, 0.6) is 0 Å². The van der Waals surface area contributed by atoms with Crippen LogP contribution in [0.25, 0.3) is 0 Å². The summed E-state index contributed by atoms with van der Waals surface area (Å²) in [5.41, 5.74) is -0.330. The first kappa shape index (κ1) is 10.8. The minimum atomic E-state index is -0.397. The molecule has 0 saturated heterocycles. The van der Waals surface area contributed by atoms with E-state index in [4.69, 9.17) is 5.26 Å². The predicted octanol–water partition coefficient (Wildman–Crippen LogP) is 0.741. The van der Waals surface area contributed by atoms with Gasteiger partial charge < -0.3 is 4.74 Å². The molecule has 0 fully saturated rings. The highest BCUT2D eigenvalue weighted by molar-refractivity contribution is 5.71. The van der Waals surface area contributed by atoms with E-state index < -0.39 is 5.97 Å². The molecular weight excluding hydrogens is 156 g/mol. The molecule has 0 unspecified atom stereocenters. The van der Waals surface area contributed by atoms with Gasteiger partial charge in [0, 0.05) is 5.54 Å². The number of carbonyl (C=O) groups is 1. The molecule has 0 atom stereocenters. The van der Waals surface area contributed by atoms with Crippen LogP contribution in [0.4, 0.5) is 0 Å². The van der Waals surface area contributed by atoms with E-state index in [1.165, 1.54) is 12.0 Å². The molecule has 0 bridgehead atoms. The van der Waals surface area contributed by atoms with Crippen molar-refractivity contribution in [3.05, 3.63) is 0 Å². The van der Waals surface area contributed by atoms with Crippen molar-refractivity contribution in [2.24, 2.45) is 0 Å². The first-order valence-electron chi connectivity index (χ1n) is 3.66. The van der Waals surface area contributed by atoms with Crippen LogP contribution in [-0.2, 0) is 9.53 Å². The first-order valence-corrected chi connectivity index (χ1v) is 3.66. The lowest BCUT2D eigenvalue weighted by atomic mass is 10.1. The Labute approximate surface area is 72.7 Å². The summed E-state index contributed by atoms with van der Waals surface area (Å²) in [4.78, 5) is 12.2. The van der Waals surface area contributed by atoms with Gasteiger partial charge in [-0.1, -0.05) is 0 Å². The van der Waals surface area contributed by atoms with Crippen LogP contribution in [0, 0.1) is 11.5 Å². The molecular formula is C8H14N2O2. The van der Waals surface area contributed by atoms with E-state index in [0.717, 1.165) is 0 Å². The van der Waals surface area contributed by atoms with E-state index in [0.29, 0.717) is 0 Å². The highest BCUT2D eigenvalue weighted by atomic mass is 16.5. The lowest BCUT2D eigenvalue weighted by molar-refractivity contribution is -0.142. The number of carbonyl (C=O) groups excluding carboxylic acids is 1. The van der Waals surface area contributed by atoms with Gasteiger partial charge in [-0.3, -0.25) is 9.69 Å². The lowest BCUT2D eigenvalue weighted by Crippen LogP contribution is -2.41. The number of esters is 1. The van der Waals surface area contributed by atoms with Crippen LogP contribution in [-0.4, -0.2) is 30.1 Å². The molecule has 0 saturated carbocycles. The second-order valence-electron chi connectivity index (χ2n) is 3.43. The number of methoxy groups -OCH3 is 1. The van der Waals surface area contributed by atoms with Gasteiger partial charge >= 0.3 is 5.97 Å². The van der Waals surface area contributed by atoms with E-state index >= 15 is 0 Å². The second kappa shape index (κ2) is 3.96. The maximum absolute atomic E-state index is 10.8. The van der Waals surface area contributed by atoms with Crippen LogP contribution >= 0.6 is 0 Å². The van der Waals surface area contributed by atoms with Gasteiger partial charge in [-0.2, -0.15) is 5.26 Å². The lowest BCUT2D eigenvalue weighted by Gasteiger charge is -2.29. The van der Waals surface area contributed by atoms with E-state index in [1.807, 2.05) is 27.0 Å². The SMILES string of the molecule is COC(=O)CN(C#N)C(C)(C)C. The highest BCUT2D eigenvalue weighted by Gasteiger charge is 2.22. The van der Waals surface area contributed by atoms with Gasteiger partial charge in [0.25, 0.3) is 0 Å². The Hall–Kier alpha value is -1.24. The normalized spacial score (nSPS) is 10.2. The number of nitriles is 1. The Bertz CT molecular complexity index is 200. The molecule has 0 amide bonds. The van der Waals surface area contributed by atoms with Crippen LogP contribution in [0.3, 0.4) is 0 Å². The molecule has 0 aromatic heterocycles. The quantitative estimate of drug-likeness (QED) is 0.348. The fraction of sp³-hybridized carbons (Fsp3) is 0.750. The van der Waals surface area contributed by atoms with Gasteiger partial charge in [-0.15, -0.1) is 0 Å². The number of ether oxygens (including phenoxy) is 1. The van der Waals surface area contributed by atoms with Gasteiger partial charge in [-0.05, 0) is 20.8 Å². The minimum Gasteiger partial charge on any atom is -0.468 e. The summed E-state index contributed by atoms with van der Waals surface area (Å²) < 4.78 is 4.45. The Kier molecular flexibility index (Phi) is 3.55. The average molecular weight is 170 g/mol. The third-order valence-corrected chi connectivity index (χ3v) is 1.45. The maximum atomic E-state index is 10.8. The molecule has 0 aromatic carbocycles. The summed E-state index contributed by atoms with van der Waals surface area (Å²) in [6.45, 7) is 5.59. The van der Waals surface area contributed by atoms with Gasteiger partial charge in [0.2, 0.25) is 0 Å². The van der Waals surface area contributed by atoms with Crippen molar-refractivity contribution in [2.75, 3.05) is 13.7 Å². The molecule has 0 aliphatic heterocycles. The monoisotopic (exact) mass is 170 g/mol. The van der Waals surface area contributed by atoms with Crippen LogP contribution in [0.1, 0.15) is 20.8 Å². The standard InChI is InChI=1S/C8H14N2O2/c1-8(2,3)10(6-9)5-7(11)12-4/h5H2,1-4H3. The molecule has 0 spiro atoms. The highest BCUT2D eigenvalue weighted by Crippen LogP contribution is 2.10. The van der Waals surface area contributed by atoms with Gasteiger partial charge in [0.1, 0.15) is 6.54 Å². The third-order valence-electron chi connectivity index (χ3n) is 1.45. The number of rotatable bonds is 2. The molecule has 0 heterocycles. The summed E-state index contributed by atoms with van der Waals surface area (Å²) >= 11 is 0. The summed E-state index contributed by atoms with van der Waals surface area (Å²) in [5, 5.41) is 8.67. The molecule has 4 heteroatoms. The fourth-order valence-electron chi connectivity index (χ4n) is 0.616. The van der Waals surface area contributed by atoms with E-state index in [-0.39, 0.29) is 12.1 Å². The Morgan fingerprint density at radius 1 is 1.58 bits per heavy atom. The number of hydrogen-bond acceptors (Lipinski definition) is 4. The zero-order valence-corrected chi connectivity index (χ0v) is 7.92. The minimum absolute atomic E-state index is 0.0104. The molecule has 0 aliphatic rings. The Balaban J connectivity index is 4.22. The molecule has 0 aliphatic carbocycles. The molecule has 4 nitrogen and oxygen atoms in total. The number of nitrogens with zero attached hydrogens (tertiary/aromatic N) is 2. The molecule has 0 radical (unpaired) electrons. The van der Waals surface area contributed by atoms with Gasteiger partial charge in [-0.25, -0.2) is 0 Å². The molecule has 68 valence electrons. The number of hydrogen-bond donors (Lipinski definition) is 0. The largest absolute Gasteiger partial charge is 0.468 e. The summed E-state index contributed by atoms with van der Waals surface area (Å²) in [5.74, 6) is -0.397. The van der Waals surface area contributed by atoms with Crippen molar-refractivity contribution in [2.45, 2.75) is 26.3 Å². The van der Waals surface area contributed by atoms with E-state index in [9.17, 15) is 4.79 Å². The van der Waals surface area contributed by atoms with Crippen molar-refractivity contribution >= 4 is 5.97 Å². The van der Waals surface area contributed by atoms with Crippen molar-refractivity contribution in [3.63, 3.8) is 0 Å². The summed E-state index contributed by atoms with van der Waals surface area (Å²) in [7, 11) is 1.31. The maximum Gasteiger partial charge on any atom is 0.326 e. The van der Waals surface area contributed by atoms with Gasteiger partial charge in [0.15, 0.2) is 6.19 Å². The predicted molar refractivity (Wildman–Crippen MR) is 44.1 cm³/mol. The van der Waals surface area contributed by atoms with Crippen molar-refractivity contribution in [1.82, 2.24) is 4.90 Å². The van der Waals surface area contributed by atoms with Crippen molar-refractivity contribution < 1.29 is 9.53 Å². The summed E-state index contributed by atoms with van der Waals surface area (Å²) in [6, 6.07) is 0. The third kappa shape index (κ3) is 3.24. The second-order valence-corrected chi connectivity index (χ2v) is 3.43. The molecule has 0 aromatic rings. The molecule has 12 heavy (non-hydrogen) atoms. The summed E-state index contributed by atoms with van der Waals surface area (Å²) in [6.07, 6.45) is 1.94. The van der Waals surface area contributed by atoms with E-state index in [2.05, 4.69) is 4.74 Å². The van der Waals surface area contributed by atoms with E-state index in [1.54, 1.807) is 0 Å². The topological polar surface area (TPSA) is 53.3 Å². The zero-order valence-electron chi connectivity index (χ0n) is 7.92. The van der Waals surface area contributed by atoms with Crippen molar-refractivity contribution in [1.29, 1.82) is 5.26 Å². The molecule has 0 rings (SSSR count). The van der Waals surface area contributed by atoms with Crippen molar-refractivity contribution in [3.8, 4) is 6.19 Å². The Morgan fingerprint density at radius 3 is 2.33 bits per heavy atom. The smallest absolute Gasteiger partial charge is 0.326 e. The first-order chi connectivity index (χ1) is 5.41. The fourth-order valence-corrected chi connectivity index (χ4v) is 0.616.